The van der Waals surface area contributed by atoms with Crippen LogP contribution < -0.4 is 0 Å². The molecule has 0 aromatic rings. The summed E-state index contributed by atoms with van der Waals surface area (Å²) in [6.07, 6.45) is 3.72. The molecule has 15 heavy (non-hydrogen) atoms. The van der Waals surface area contributed by atoms with Gasteiger partial charge in [0.1, 0.15) is 5.50 Å². The standard InChI is InChI=1S/C11H20N2OS/c1-3-5-13-7-6-12(4-2)11(13)15-9-10-8-14-10/h4,10-11H,2-3,5-9H2,1H3. The Bertz CT molecular complexity index is 221. The molecule has 2 unspecified atom stereocenters. The summed E-state index contributed by atoms with van der Waals surface area (Å²) in [5, 5.41) is 0. The van der Waals surface area contributed by atoms with Crippen molar-refractivity contribution in [3.63, 3.8) is 0 Å². The summed E-state index contributed by atoms with van der Waals surface area (Å²) in [4.78, 5) is 4.87. The van der Waals surface area contributed by atoms with Gasteiger partial charge in [-0.2, -0.15) is 0 Å². The second kappa shape index (κ2) is 5.23. The summed E-state index contributed by atoms with van der Waals surface area (Å²) in [5.74, 6) is 1.12. The summed E-state index contributed by atoms with van der Waals surface area (Å²) in [5.41, 5.74) is 0.492. The lowest BCUT2D eigenvalue weighted by Gasteiger charge is -2.28. The quantitative estimate of drug-likeness (QED) is 0.642. The van der Waals surface area contributed by atoms with Crippen molar-refractivity contribution in [1.82, 2.24) is 9.80 Å². The first-order valence-corrected chi connectivity index (χ1v) is 6.75. The lowest BCUT2D eigenvalue weighted by Crippen LogP contribution is -2.34. The normalized spacial score (nSPS) is 30.9. The number of thioether (sulfide) groups is 1. The number of ether oxygens (including phenoxy) is 1. The molecule has 2 aliphatic heterocycles. The molecule has 0 bridgehead atoms. The van der Waals surface area contributed by atoms with E-state index in [-0.39, 0.29) is 0 Å². The largest absolute Gasteiger partial charge is 0.372 e. The van der Waals surface area contributed by atoms with E-state index in [1.807, 2.05) is 18.0 Å². The Morgan fingerprint density at radius 2 is 2.33 bits per heavy atom. The highest BCUT2D eigenvalue weighted by Gasteiger charge is 2.32. The van der Waals surface area contributed by atoms with Crippen LogP contribution in [0.3, 0.4) is 0 Å². The molecule has 86 valence electrons. The Labute approximate surface area is 96.4 Å². The fourth-order valence-electron chi connectivity index (χ4n) is 1.92. The average Bonchev–Trinajstić information content (AvgIpc) is 2.99. The van der Waals surface area contributed by atoms with Crippen molar-refractivity contribution in [2.45, 2.75) is 24.9 Å². The van der Waals surface area contributed by atoms with Crippen molar-refractivity contribution >= 4 is 11.8 Å². The minimum absolute atomic E-state index is 0.492. The molecule has 3 nitrogen and oxygen atoms in total. The first-order valence-electron chi connectivity index (χ1n) is 5.70. The molecule has 0 aromatic carbocycles. The van der Waals surface area contributed by atoms with Crippen LogP contribution in [0.4, 0.5) is 0 Å². The molecule has 2 atom stereocenters. The predicted octanol–water partition coefficient (Wildman–Crippen LogP) is 1.57. The molecule has 2 saturated heterocycles. The smallest absolute Gasteiger partial charge is 0.130 e. The summed E-state index contributed by atoms with van der Waals surface area (Å²) in [6.45, 7) is 10.6. The molecule has 2 rings (SSSR count). The number of rotatable bonds is 6. The van der Waals surface area contributed by atoms with Gasteiger partial charge in [-0.15, -0.1) is 11.8 Å². The van der Waals surface area contributed by atoms with Crippen LogP contribution >= 0.6 is 11.8 Å². The minimum atomic E-state index is 0.492. The van der Waals surface area contributed by atoms with E-state index in [1.54, 1.807) is 0 Å². The Morgan fingerprint density at radius 1 is 1.53 bits per heavy atom. The molecule has 0 saturated carbocycles. The van der Waals surface area contributed by atoms with Crippen LogP contribution in [0.1, 0.15) is 13.3 Å². The minimum Gasteiger partial charge on any atom is -0.372 e. The molecule has 0 aromatic heterocycles. The summed E-state index contributed by atoms with van der Waals surface area (Å²) < 4.78 is 5.25. The molecule has 2 aliphatic rings. The summed E-state index contributed by atoms with van der Waals surface area (Å²) in [7, 11) is 0. The van der Waals surface area contributed by atoms with Crippen LogP contribution in [0.15, 0.2) is 12.8 Å². The fraction of sp³-hybridized carbons (Fsp3) is 0.818. The number of hydrogen-bond acceptors (Lipinski definition) is 4. The van der Waals surface area contributed by atoms with E-state index in [0.717, 1.165) is 18.9 Å². The van der Waals surface area contributed by atoms with Gasteiger partial charge < -0.3 is 9.64 Å². The molecule has 4 heteroatoms. The average molecular weight is 228 g/mol. The molecule has 0 amide bonds. The van der Waals surface area contributed by atoms with Gasteiger partial charge in [0.25, 0.3) is 0 Å². The first-order chi connectivity index (χ1) is 7.35. The van der Waals surface area contributed by atoms with E-state index in [9.17, 15) is 0 Å². The van der Waals surface area contributed by atoms with Crippen LogP contribution in [-0.4, -0.2) is 53.4 Å². The lowest BCUT2D eigenvalue weighted by molar-refractivity contribution is 0.257. The second-order valence-corrected chi connectivity index (χ2v) is 5.16. The van der Waals surface area contributed by atoms with Crippen LogP contribution in [0, 0.1) is 0 Å². The molecule has 0 spiro atoms. The third-order valence-corrected chi connectivity index (χ3v) is 4.25. The Morgan fingerprint density at radius 3 is 2.93 bits per heavy atom. The molecular formula is C11H20N2OS. The Hall–Kier alpha value is -0.190. The third-order valence-electron chi connectivity index (χ3n) is 2.82. The maximum atomic E-state index is 5.25. The van der Waals surface area contributed by atoms with E-state index in [0.29, 0.717) is 11.6 Å². The van der Waals surface area contributed by atoms with Gasteiger partial charge in [-0.1, -0.05) is 13.5 Å². The molecule has 2 fully saturated rings. The van der Waals surface area contributed by atoms with Crippen LogP contribution in [0.5, 0.6) is 0 Å². The summed E-state index contributed by atoms with van der Waals surface area (Å²) in [6, 6.07) is 0. The number of hydrogen-bond donors (Lipinski definition) is 0. The van der Waals surface area contributed by atoms with Crippen molar-refractivity contribution in [3.05, 3.63) is 12.8 Å². The van der Waals surface area contributed by atoms with E-state index >= 15 is 0 Å². The highest BCUT2D eigenvalue weighted by molar-refractivity contribution is 7.99. The van der Waals surface area contributed by atoms with Crippen LogP contribution in [-0.2, 0) is 4.74 Å². The Balaban J connectivity index is 1.84. The van der Waals surface area contributed by atoms with Gasteiger partial charge in [0.15, 0.2) is 0 Å². The molecule has 2 heterocycles. The number of nitrogens with zero attached hydrogens (tertiary/aromatic N) is 2. The molecule has 0 N–H and O–H groups in total. The van der Waals surface area contributed by atoms with Crippen molar-refractivity contribution in [1.29, 1.82) is 0 Å². The highest BCUT2D eigenvalue weighted by atomic mass is 32.2. The maximum absolute atomic E-state index is 5.25. The fourth-order valence-corrected chi connectivity index (χ4v) is 3.31. The highest BCUT2D eigenvalue weighted by Crippen LogP contribution is 2.28. The van der Waals surface area contributed by atoms with Crippen molar-refractivity contribution in [2.75, 3.05) is 32.0 Å². The first kappa shape index (κ1) is 11.3. The molecule has 0 radical (unpaired) electrons. The maximum Gasteiger partial charge on any atom is 0.130 e. The van der Waals surface area contributed by atoms with E-state index in [1.165, 1.54) is 19.5 Å². The van der Waals surface area contributed by atoms with E-state index < -0.39 is 0 Å². The molecule has 0 aliphatic carbocycles. The van der Waals surface area contributed by atoms with Crippen LogP contribution in [0.2, 0.25) is 0 Å². The van der Waals surface area contributed by atoms with E-state index in [2.05, 4.69) is 23.3 Å². The lowest BCUT2D eigenvalue weighted by atomic mass is 10.4. The van der Waals surface area contributed by atoms with Crippen molar-refractivity contribution in [2.24, 2.45) is 0 Å². The molecular weight excluding hydrogens is 208 g/mol. The van der Waals surface area contributed by atoms with Gasteiger partial charge in [0, 0.05) is 25.4 Å². The van der Waals surface area contributed by atoms with Gasteiger partial charge in [0.2, 0.25) is 0 Å². The van der Waals surface area contributed by atoms with Crippen molar-refractivity contribution in [3.8, 4) is 0 Å². The summed E-state index contributed by atoms with van der Waals surface area (Å²) >= 11 is 1.99. The van der Waals surface area contributed by atoms with E-state index in [4.69, 9.17) is 4.74 Å². The zero-order chi connectivity index (χ0) is 10.7. The zero-order valence-corrected chi connectivity index (χ0v) is 10.2. The zero-order valence-electron chi connectivity index (χ0n) is 9.39. The van der Waals surface area contributed by atoms with Gasteiger partial charge >= 0.3 is 0 Å². The Kier molecular flexibility index (Phi) is 3.94. The van der Waals surface area contributed by atoms with Gasteiger partial charge in [-0.25, -0.2) is 0 Å². The topological polar surface area (TPSA) is 19.0 Å². The second-order valence-electron chi connectivity index (χ2n) is 4.07. The monoisotopic (exact) mass is 228 g/mol. The van der Waals surface area contributed by atoms with Crippen molar-refractivity contribution < 1.29 is 4.74 Å². The van der Waals surface area contributed by atoms with Gasteiger partial charge in [0.05, 0.1) is 12.7 Å². The number of epoxide rings is 1. The SMILES string of the molecule is C=CN1CCN(CCC)C1SCC1CO1. The van der Waals surface area contributed by atoms with Gasteiger partial charge in [-0.3, -0.25) is 4.90 Å². The third kappa shape index (κ3) is 2.89. The van der Waals surface area contributed by atoms with Gasteiger partial charge in [-0.05, 0) is 12.6 Å². The van der Waals surface area contributed by atoms with Crippen LogP contribution in [0.25, 0.3) is 0 Å². The predicted molar refractivity (Wildman–Crippen MR) is 64.8 cm³/mol.